The van der Waals surface area contributed by atoms with Crippen LogP contribution >= 0.6 is 0 Å². The monoisotopic (exact) mass is 261 g/mol. The summed E-state index contributed by atoms with van der Waals surface area (Å²) in [6.45, 7) is 9.16. The van der Waals surface area contributed by atoms with Gasteiger partial charge < -0.3 is 0 Å². The maximum atomic E-state index is 12.7. The fourth-order valence-electron chi connectivity index (χ4n) is 1.38. The molecule has 0 aliphatic rings. The van der Waals surface area contributed by atoms with Gasteiger partial charge in [0.15, 0.2) is 0 Å². The van der Waals surface area contributed by atoms with Crippen LogP contribution < -0.4 is 0 Å². The van der Waals surface area contributed by atoms with E-state index < -0.39 is 6.17 Å². The van der Waals surface area contributed by atoms with Crippen LogP contribution in [-0.4, -0.2) is 6.17 Å². The van der Waals surface area contributed by atoms with Gasteiger partial charge >= 0.3 is 0 Å². The van der Waals surface area contributed by atoms with E-state index in [0.29, 0.717) is 0 Å². The van der Waals surface area contributed by atoms with Gasteiger partial charge in [0.25, 0.3) is 0 Å². The Hall–Kier alpha value is -2.03. The average molecular weight is 261 g/mol. The normalized spacial score (nSPS) is 12.0. The maximum absolute atomic E-state index is 12.7. The van der Waals surface area contributed by atoms with E-state index in [1.807, 2.05) is 32.0 Å². The summed E-state index contributed by atoms with van der Waals surface area (Å²) in [5, 5.41) is 2.65. The zero-order chi connectivity index (χ0) is 14.7. The molecule has 0 fully saturated rings. The van der Waals surface area contributed by atoms with Crippen LogP contribution in [0, 0.1) is 4.91 Å². The first-order valence-electron chi connectivity index (χ1n) is 6.25. The fourth-order valence-corrected chi connectivity index (χ4v) is 1.38. The molecule has 0 bridgehead atoms. The Morgan fingerprint density at radius 1 is 1.26 bits per heavy atom. The van der Waals surface area contributed by atoms with Crippen molar-refractivity contribution in [2.24, 2.45) is 5.18 Å². The summed E-state index contributed by atoms with van der Waals surface area (Å²) >= 11 is 0. The second-order valence-corrected chi connectivity index (χ2v) is 3.55. The Balaban J connectivity index is 0.00000154. The molecule has 2 nitrogen and oxygen atoms in total. The third kappa shape index (κ3) is 6.46. The van der Waals surface area contributed by atoms with Gasteiger partial charge in [0.2, 0.25) is 0 Å². The topological polar surface area (TPSA) is 29.4 Å². The van der Waals surface area contributed by atoms with E-state index >= 15 is 0 Å². The van der Waals surface area contributed by atoms with Crippen LogP contribution in [0.25, 0.3) is 18.2 Å². The Bertz CT molecular complexity index is 462. The quantitative estimate of drug-likeness (QED) is 0.647. The van der Waals surface area contributed by atoms with E-state index in [0.717, 1.165) is 16.7 Å². The van der Waals surface area contributed by atoms with Crippen LogP contribution in [0.15, 0.2) is 42.2 Å². The van der Waals surface area contributed by atoms with Crippen molar-refractivity contribution in [3.8, 4) is 0 Å². The predicted octanol–water partition coefficient (Wildman–Crippen LogP) is 5.46. The molecule has 0 saturated heterocycles. The first kappa shape index (κ1) is 17.0. The third-order valence-corrected chi connectivity index (χ3v) is 2.20. The number of benzene rings is 1. The van der Waals surface area contributed by atoms with Crippen molar-refractivity contribution in [2.75, 3.05) is 0 Å². The molecule has 1 atom stereocenters. The van der Waals surface area contributed by atoms with Crippen molar-refractivity contribution < 1.29 is 4.39 Å². The van der Waals surface area contributed by atoms with Crippen LogP contribution in [0.2, 0.25) is 0 Å². The summed E-state index contributed by atoms with van der Waals surface area (Å²) < 4.78 is 12.7. The van der Waals surface area contributed by atoms with Crippen molar-refractivity contribution >= 4 is 18.2 Å². The first-order chi connectivity index (χ1) is 9.17. The van der Waals surface area contributed by atoms with E-state index in [9.17, 15) is 9.30 Å². The highest BCUT2D eigenvalue weighted by Gasteiger charge is 1.98. The third-order valence-electron chi connectivity index (χ3n) is 2.20. The van der Waals surface area contributed by atoms with Crippen LogP contribution in [0.5, 0.6) is 0 Å². The summed E-state index contributed by atoms with van der Waals surface area (Å²) in [6, 6.07) is 5.55. The van der Waals surface area contributed by atoms with Crippen LogP contribution in [0.3, 0.4) is 0 Å². The molecule has 0 heterocycles. The first-order valence-corrected chi connectivity index (χ1v) is 6.25. The van der Waals surface area contributed by atoms with Crippen molar-refractivity contribution in [1.82, 2.24) is 0 Å². The summed E-state index contributed by atoms with van der Waals surface area (Å²) in [6.07, 6.45) is 6.64. The van der Waals surface area contributed by atoms with Crippen LogP contribution in [0.1, 0.15) is 37.5 Å². The van der Waals surface area contributed by atoms with E-state index in [4.69, 9.17) is 0 Å². The molecule has 1 unspecified atom stereocenters. The number of hydrogen-bond acceptors (Lipinski definition) is 2. The van der Waals surface area contributed by atoms with Gasteiger partial charge in [-0.2, -0.15) is 0 Å². The SMILES string of the molecule is C=Cc1ccc(/C=C/N=O)cc1C=CC(C)F.CC. The molecule has 0 spiro atoms. The second kappa shape index (κ2) is 9.95. The highest BCUT2D eigenvalue weighted by atomic mass is 19.1. The summed E-state index contributed by atoms with van der Waals surface area (Å²) in [7, 11) is 0. The molecule has 19 heavy (non-hydrogen) atoms. The summed E-state index contributed by atoms with van der Waals surface area (Å²) in [5.41, 5.74) is 2.61. The lowest BCUT2D eigenvalue weighted by Gasteiger charge is -2.03. The van der Waals surface area contributed by atoms with Crippen molar-refractivity contribution in [3.63, 3.8) is 0 Å². The lowest BCUT2D eigenvalue weighted by Crippen LogP contribution is -1.86. The molecule has 0 aromatic heterocycles. The Morgan fingerprint density at radius 2 is 1.95 bits per heavy atom. The van der Waals surface area contributed by atoms with Crippen LogP contribution in [0.4, 0.5) is 4.39 Å². The van der Waals surface area contributed by atoms with Crippen molar-refractivity contribution in [3.05, 3.63) is 58.7 Å². The fraction of sp³-hybridized carbons (Fsp3) is 0.250. The molecule has 0 amide bonds. The number of nitroso groups, excluding NO2 is 1. The minimum absolute atomic E-state index is 0.835. The number of nitrogens with zero attached hydrogens (tertiary/aromatic N) is 1. The zero-order valence-corrected chi connectivity index (χ0v) is 11.6. The van der Waals surface area contributed by atoms with E-state index in [2.05, 4.69) is 11.8 Å². The van der Waals surface area contributed by atoms with Gasteiger partial charge in [-0.15, -0.1) is 4.91 Å². The highest BCUT2D eigenvalue weighted by Crippen LogP contribution is 2.17. The molecule has 3 heteroatoms. The maximum Gasteiger partial charge on any atom is 0.116 e. The Morgan fingerprint density at radius 3 is 2.47 bits per heavy atom. The van der Waals surface area contributed by atoms with Gasteiger partial charge in [-0.05, 0) is 40.9 Å². The zero-order valence-electron chi connectivity index (χ0n) is 11.6. The molecule has 102 valence electrons. The molecule has 0 aliphatic heterocycles. The lowest BCUT2D eigenvalue weighted by molar-refractivity contribution is 0.432. The molecule has 0 aliphatic carbocycles. The predicted molar refractivity (Wildman–Crippen MR) is 82.3 cm³/mol. The van der Waals surface area contributed by atoms with Gasteiger partial charge in [-0.25, -0.2) is 4.39 Å². The Kier molecular flexibility index (Phi) is 8.88. The van der Waals surface area contributed by atoms with Crippen LogP contribution in [-0.2, 0) is 0 Å². The molecule has 1 aromatic rings. The summed E-state index contributed by atoms with van der Waals surface area (Å²) in [5.74, 6) is 0. The smallest absolute Gasteiger partial charge is 0.116 e. The van der Waals surface area contributed by atoms with Gasteiger partial charge in [0.05, 0.1) is 6.20 Å². The van der Waals surface area contributed by atoms with Gasteiger partial charge in [-0.3, -0.25) is 0 Å². The minimum Gasteiger partial charge on any atom is -0.243 e. The van der Waals surface area contributed by atoms with E-state index in [1.54, 1.807) is 18.2 Å². The summed E-state index contributed by atoms with van der Waals surface area (Å²) in [4.78, 5) is 9.98. The largest absolute Gasteiger partial charge is 0.243 e. The number of rotatable bonds is 5. The molecule has 1 rings (SSSR count). The molecule has 0 N–H and O–H groups in total. The lowest BCUT2D eigenvalue weighted by atomic mass is 10.0. The number of alkyl halides is 1. The standard InChI is InChI=1S/C14H14FNO.C2H6/c1-3-13-7-5-12(8-9-16-17)10-14(13)6-4-11(2)15;1-2/h3-11H,1H2,2H3;1-2H3/b6-4?,9-8+;. The van der Waals surface area contributed by atoms with Gasteiger partial charge in [0.1, 0.15) is 6.17 Å². The Labute approximate surface area is 114 Å². The average Bonchev–Trinajstić information content (AvgIpc) is 2.45. The molecule has 0 radical (unpaired) electrons. The number of hydrogen-bond donors (Lipinski definition) is 0. The van der Waals surface area contributed by atoms with Crippen molar-refractivity contribution in [1.29, 1.82) is 0 Å². The minimum atomic E-state index is -0.997. The number of allylic oxidation sites excluding steroid dienone is 1. The highest BCUT2D eigenvalue weighted by molar-refractivity contribution is 5.68. The molecular weight excluding hydrogens is 241 g/mol. The van der Waals surface area contributed by atoms with Gasteiger partial charge in [0, 0.05) is 0 Å². The second-order valence-electron chi connectivity index (χ2n) is 3.55. The van der Waals surface area contributed by atoms with E-state index in [-0.39, 0.29) is 0 Å². The molecule has 1 aromatic carbocycles. The molecule has 0 saturated carbocycles. The van der Waals surface area contributed by atoms with E-state index in [1.165, 1.54) is 19.2 Å². The van der Waals surface area contributed by atoms with Crippen molar-refractivity contribution in [2.45, 2.75) is 26.9 Å². The molecular formula is C16H20FNO. The van der Waals surface area contributed by atoms with Gasteiger partial charge in [-0.1, -0.05) is 50.8 Å². The number of halogens is 1.